The number of aryl methyl sites for hydroxylation is 2. The zero-order valence-corrected chi connectivity index (χ0v) is 17.7. The van der Waals surface area contributed by atoms with E-state index < -0.39 is 9.84 Å². The molecule has 150 valence electrons. The van der Waals surface area contributed by atoms with Crippen molar-refractivity contribution in [2.24, 2.45) is 0 Å². The zero-order chi connectivity index (χ0) is 20.0. The van der Waals surface area contributed by atoms with Gasteiger partial charge in [-0.1, -0.05) is 18.2 Å². The van der Waals surface area contributed by atoms with E-state index in [1.807, 2.05) is 32.0 Å². The van der Waals surface area contributed by atoms with Crippen LogP contribution in [0.15, 0.2) is 18.2 Å². The number of rotatable bonds is 8. The zero-order valence-electron chi connectivity index (χ0n) is 16.1. The van der Waals surface area contributed by atoms with Crippen LogP contribution in [-0.2, 0) is 19.4 Å². The van der Waals surface area contributed by atoms with Gasteiger partial charge in [0.2, 0.25) is 11.8 Å². The number of benzene rings is 1. The maximum Gasteiger partial charge on any atom is 0.233 e. The molecule has 27 heavy (non-hydrogen) atoms. The van der Waals surface area contributed by atoms with Crippen LogP contribution in [0.1, 0.15) is 37.3 Å². The first kappa shape index (κ1) is 21.8. The number of thioether (sulfide) groups is 1. The van der Waals surface area contributed by atoms with Crippen molar-refractivity contribution in [3.63, 3.8) is 0 Å². The van der Waals surface area contributed by atoms with Gasteiger partial charge in [-0.05, 0) is 50.5 Å². The van der Waals surface area contributed by atoms with Crippen LogP contribution in [-0.4, -0.2) is 48.8 Å². The van der Waals surface area contributed by atoms with Gasteiger partial charge in [0, 0.05) is 18.2 Å². The first-order chi connectivity index (χ1) is 12.7. The number of sulfone groups is 1. The Morgan fingerprint density at radius 1 is 1.26 bits per heavy atom. The van der Waals surface area contributed by atoms with Gasteiger partial charge in [-0.15, -0.1) is 11.8 Å². The lowest BCUT2D eigenvalue weighted by Crippen LogP contribution is -2.40. The summed E-state index contributed by atoms with van der Waals surface area (Å²) >= 11 is 1.48. The summed E-state index contributed by atoms with van der Waals surface area (Å²) < 4.78 is 22.9. The van der Waals surface area contributed by atoms with E-state index in [9.17, 15) is 18.0 Å². The molecular weight excluding hydrogens is 384 g/mol. The Labute approximate surface area is 165 Å². The van der Waals surface area contributed by atoms with E-state index in [0.717, 1.165) is 16.8 Å². The van der Waals surface area contributed by atoms with Crippen molar-refractivity contribution in [1.82, 2.24) is 5.32 Å². The molecule has 0 saturated carbocycles. The maximum atomic E-state index is 12.1. The molecule has 2 unspecified atom stereocenters. The van der Waals surface area contributed by atoms with Crippen LogP contribution in [0.5, 0.6) is 0 Å². The highest BCUT2D eigenvalue weighted by Crippen LogP contribution is 2.20. The maximum absolute atomic E-state index is 12.1. The van der Waals surface area contributed by atoms with Crippen molar-refractivity contribution < 1.29 is 18.0 Å². The first-order valence-electron chi connectivity index (χ1n) is 9.16. The molecule has 1 aromatic carbocycles. The summed E-state index contributed by atoms with van der Waals surface area (Å²) in [5.74, 6) is 0.713. The SMILES string of the molecule is Cc1cccc(C)c1NC(=O)CCCSC(C)C(=O)NC1CCS(=O)(=O)C1. The minimum Gasteiger partial charge on any atom is -0.351 e. The van der Waals surface area contributed by atoms with Gasteiger partial charge in [-0.25, -0.2) is 8.42 Å². The summed E-state index contributed by atoms with van der Waals surface area (Å²) in [5.41, 5.74) is 2.95. The highest BCUT2D eigenvalue weighted by atomic mass is 32.2. The Balaban J connectivity index is 1.67. The molecule has 1 fully saturated rings. The largest absolute Gasteiger partial charge is 0.351 e. The van der Waals surface area contributed by atoms with E-state index in [-0.39, 0.29) is 34.6 Å². The topological polar surface area (TPSA) is 92.3 Å². The van der Waals surface area contributed by atoms with Crippen LogP contribution in [0.3, 0.4) is 0 Å². The van der Waals surface area contributed by atoms with E-state index in [1.165, 1.54) is 11.8 Å². The molecule has 6 nitrogen and oxygen atoms in total. The third-order valence-electron chi connectivity index (χ3n) is 4.61. The van der Waals surface area contributed by atoms with E-state index in [2.05, 4.69) is 10.6 Å². The fourth-order valence-electron chi connectivity index (χ4n) is 3.01. The lowest BCUT2D eigenvalue weighted by atomic mass is 10.1. The van der Waals surface area contributed by atoms with Crippen molar-refractivity contribution in [3.05, 3.63) is 29.3 Å². The molecular formula is C19H28N2O4S2. The van der Waals surface area contributed by atoms with Crippen molar-refractivity contribution in [3.8, 4) is 0 Å². The van der Waals surface area contributed by atoms with Gasteiger partial charge in [0.25, 0.3) is 0 Å². The lowest BCUT2D eigenvalue weighted by molar-refractivity contribution is -0.120. The van der Waals surface area contributed by atoms with Gasteiger partial charge >= 0.3 is 0 Å². The molecule has 8 heteroatoms. The van der Waals surface area contributed by atoms with E-state index in [0.29, 0.717) is 25.0 Å². The molecule has 0 bridgehead atoms. The predicted octanol–water partition coefficient (Wildman–Crippen LogP) is 2.45. The van der Waals surface area contributed by atoms with Crippen molar-refractivity contribution >= 4 is 39.1 Å². The molecule has 1 aliphatic heterocycles. The number of hydrogen-bond acceptors (Lipinski definition) is 5. The number of hydrogen-bond donors (Lipinski definition) is 2. The van der Waals surface area contributed by atoms with Gasteiger partial charge < -0.3 is 10.6 Å². The molecule has 0 aromatic heterocycles. The molecule has 0 spiro atoms. The minimum atomic E-state index is -3.00. The second-order valence-corrected chi connectivity index (χ2v) is 10.7. The number of amides is 2. The molecule has 2 rings (SSSR count). The van der Waals surface area contributed by atoms with E-state index >= 15 is 0 Å². The number of carbonyl (C=O) groups excluding carboxylic acids is 2. The molecule has 1 aromatic rings. The normalized spacial score (nSPS) is 19.4. The number of para-hydroxylation sites is 1. The molecule has 0 aliphatic carbocycles. The minimum absolute atomic E-state index is 0.0266. The van der Waals surface area contributed by atoms with Crippen molar-refractivity contribution in [2.75, 3.05) is 22.6 Å². The van der Waals surface area contributed by atoms with Gasteiger partial charge in [-0.2, -0.15) is 0 Å². The first-order valence-corrected chi connectivity index (χ1v) is 12.0. The molecule has 1 aliphatic rings. The molecule has 1 heterocycles. The van der Waals surface area contributed by atoms with Gasteiger partial charge in [0.1, 0.15) is 0 Å². The Kier molecular flexibility index (Phi) is 7.73. The van der Waals surface area contributed by atoms with Crippen LogP contribution in [0.2, 0.25) is 0 Å². The standard InChI is InChI=1S/C19H28N2O4S2/c1-13-6-4-7-14(2)18(13)21-17(22)8-5-10-26-15(3)19(23)20-16-9-11-27(24,25)12-16/h4,6-7,15-16H,5,8-12H2,1-3H3,(H,20,23)(H,21,22). The Bertz CT molecular complexity index is 773. The summed E-state index contributed by atoms with van der Waals surface area (Å²) in [6.07, 6.45) is 1.57. The highest BCUT2D eigenvalue weighted by Gasteiger charge is 2.29. The summed E-state index contributed by atoms with van der Waals surface area (Å²) in [6, 6.07) is 5.63. The second-order valence-electron chi connectivity index (χ2n) is 7.04. The van der Waals surface area contributed by atoms with Crippen LogP contribution >= 0.6 is 11.8 Å². The smallest absolute Gasteiger partial charge is 0.233 e. The van der Waals surface area contributed by atoms with Crippen LogP contribution in [0.25, 0.3) is 0 Å². The average molecular weight is 413 g/mol. The third-order valence-corrected chi connectivity index (χ3v) is 7.62. The van der Waals surface area contributed by atoms with Crippen molar-refractivity contribution in [1.29, 1.82) is 0 Å². The fourth-order valence-corrected chi connectivity index (χ4v) is 5.57. The van der Waals surface area contributed by atoms with Gasteiger partial charge in [0.05, 0.1) is 16.8 Å². The number of anilines is 1. The Morgan fingerprint density at radius 3 is 2.52 bits per heavy atom. The van der Waals surface area contributed by atoms with E-state index in [1.54, 1.807) is 6.92 Å². The molecule has 2 atom stereocenters. The van der Waals surface area contributed by atoms with Crippen molar-refractivity contribution in [2.45, 2.75) is 51.3 Å². The summed E-state index contributed by atoms with van der Waals surface area (Å²) in [4.78, 5) is 24.3. The monoisotopic (exact) mass is 412 g/mol. The predicted molar refractivity (Wildman–Crippen MR) is 111 cm³/mol. The fraction of sp³-hybridized carbons (Fsp3) is 0.579. The highest BCUT2D eigenvalue weighted by molar-refractivity contribution is 8.00. The van der Waals surface area contributed by atoms with Crippen LogP contribution < -0.4 is 10.6 Å². The molecule has 2 amide bonds. The number of carbonyl (C=O) groups is 2. The van der Waals surface area contributed by atoms with E-state index in [4.69, 9.17) is 0 Å². The number of nitrogens with one attached hydrogen (secondary N) is 2. The van der Waals surface area contributed by atoms with Gasteiger partial charge in [0.15, 0.2) is 9.84 Å². The van der Waals surface area contributed by atoms with Gasteiger partial charge in [-0.3, -0.25) is 9.59 Å². The summed E-state index contributed by atoms with van der Waals surface area (Å²) in [6.45, 7) is 5.74. The Hall–Kier alpha value is -1.54. The third kappa shape index (κ3) is 6.84. The Morgan fingerprint density at radius 2 is 1.93 bits per heavy atom. The van der Waals surface area contributed by atoms with Crippen LogP contribution in [0.4, 0.5) is 5.69 Å². The lowest BCUT2D eigenvalue weighted by Gasteiger charge is -2.15. The molecule has 0 radical (unpaired) electrons. The quantitative estimate of drug-likeness (QED) is 0.640. The summed E-state index contributed by atoms with van der Waals surface area (Å²) in [7, 11) is -3.00. The molecule has 2 N–H and O–H groups in total. The second kappa shape index (κ2) is 9.59. The summed E-state index contributed by atoms with van der Waals surface area (Å²) in [5, 5.41) is 5.50. The average Bonchev–Trinajstić information content (AvgIpc) is 2.93. The van der Waals surface area contributed by atoms with Crippen LogP contribution in [0, 0.1) is 13.8 Å². The molecule has 1 saturated heterocycles.